The van der Waals surface area contributed by atoms with Gasteiger partial charge in [-0.15, -0.1) is 0 Å². The molecule has 20 heavy (non-hydrogen) atoms. The number of carbonyl (C=O) groups is 1. The van der Waals surface area contributed by atoms with E-state index in [0.717, 1.165) is 19.5 Å². The summed E-state index contributed by atoms with van der Waals surface area (Å²) in [6, 6.07) is 6.06. The summed E-state index contributed by atoms with van der Waals surface area (Å²) in [6.07, 6.45) is 1.02. The minimum atomic E-state index is -0.299. The Bertz CT molecular complexity index is 492. The Morgan fingerprint density at radius 2 is 2.05 bits per heavy atom. The van der Waals surface area contributed by atoms with E-state index in [9.17, 15) is 9.18 Å². The number of likely N-dealkylation sites (N-methyl/N-ethyl adjacent to an activating group) is 1. The number of piperidine rings is 1. The number of fused-ring (bicyclic) bond motifs is 1. The second-order valence-electron chi connectivity index (χ2n) is 5.40. The first-order chi connectivity index (χ1) is 9.66. The van der Waals surface area contributed by atoms with Crippen LogP contribution in [0.15, 0.2) is 24.3 Å². The molecule has 0 bridgehead atoms. The molecule has 0 spiro atoms. The lowest BCUT2D eigenvalue weighted by atomic mass is 9.89. The molecular weight excluding hydrogens is 259 g/mol. The first-order valence-corrected chi connectivity index (χ1v) is 6.92. The number of halogens is 1. The molecule has 6 heteroatoms. The summed E-state index contributed by atoms with van der Waals surface area (Å²) in [7, 11) is 1.72. The van der Waals surface area contributed by atoms with Gasteiger partial charge in [0.05, 0.1) is 0 Å². The molecule has 3 rings (SSSR count). The fraction of sp³-hybridized carbons (Fsp3) is 0.500. The molecule has 3 atom stereocenters. The number of nitrogens with one attached hydrogen (secondary N) is 3. The van der Waals surface area contributed by atoms with Crippen molar-refractivity contribution in [2.75, 3.05) is 25.0 Å². The lowest BCUT2D eigenvalue weighted by molar-refractivity contribution is -0.121. The molecule has 2 fully saturated rings. The van der Waals surface area contributed by atoms with Gasteiger partial charge in [-0.25, -0.2) is 9.82 Å². The molecule has 2 aliphatic heterocycles. The van der Waals surface area contributed by atoms with Crippen LogP contribution in [-0.4, -0.2) is 38.1 Å². The maximum atomic E-state index is 12.9. The van der Waals surface area contributed by atoms with E-state index in [0.29, 0.717) is 11.7 Å². The fourth-order valence-corrected chi connectivity index (χ4v) is 2.96. The normalized spacial score (nSPS) is 29.0. The molecule has 0 aliphatic carbocycles. The first kappa shape index (κ1) is 13.5. The van der Waals surface area contributed by atoms with Gasteiger partial charge in [-0.05, 0) is 37.2 Å². The van der Waals surface area contributed by atoms with Crippen LogP contribution < -0.4 is 21.1 Å². The zero-order valence-electron chi connectivity index (χ0n) is 11.4. The van der Waals surface area contributed by atoms with E-state index in [4.69, 9.17) is 0 Å². The van der Waals surface area contributed by atoms with Gasteiger partial charge in [0, 0.05) is 31.2 Å². The van der Waals surface area contributed by atoms with Crippen LogP contribution in [0.5, 0.6) is 0 Å². The van der Waals surface area contributed by atoms with E-state index in [-0.39, 0.29) is 23.7 Å². The van der Waals surface area contributed by atoms with Crippen LogP contribution in [0, 0.1) is 11.7 Å². The highest BCUT2D eigenvalue weighted by Crippen LogP contribution is 2.23. The van der Waals surface area contributed by atoms with Gasteiger partial charge < -0.3 is 10.2 Å². The summed E-state index contributed by atoms with van der Waals surface area (Å²) in [5, 5.41) is 3.33. The Morgan fingerprint density at radius 3 is 2.80 bits per heavy atom. The Kier molecular flexibility index (Phi) is 3.69. The van der Waals surface area contributed by atoms with Crippen LogP contribution in [0.4, 0.5) is 10.1 Å². The van der Waals surface area contributed by atoms with Crippen LogP contribution in [0.1, 0.15) is 6.42 Å². The van der Waals surface area contributed by atoms with Crippen molar-refractivity contribution in [1.82, 2.24) is 16.2 Å². The Labute approximate surface area is 117 Å². The van der Waals surface area contributed by atoms with Crippen molar-refractivity contribution in [1.29, 1.82) is 0 Å². The fourth-order valence-electron chi connectivity index (χ4n) is 2.96. The number of hydrogen-bond donors (Lipinski definition) is 3. The van der Waals surface area contributed by atoms with E-state index in [1.165, 1.54) is 12.1 Å². The van der Waals surface area contributed by atoms with Gasteiger partial charge in [0.15, 0.2) is 0 Å². The first-order valence-electron chi connectivity index (χ1n) is 6.92. The van der Waals surface area contributed by atoms with E-state index < -0.39 is 0 Å². The lowest BCUT2D eigenvalue weighted by Gasteiger charge is -2.29. The van der Waals surface area contributed by atoms with Crippen molar-refractivity contribution in [2.45, 2.75) is 18.5 Å². The number of hydrazine groups is 1. The van der Waals surface area contributed by atoms with Gasteiger partial charge in [-0.2, -0.15) is 0 Å². The minimum Gasteiger partial charge on any atom is -0.316 e. The number of rotatable bonds is 2. The molecule has 2 aliphatic rings. The lowest BCUT2D eigenvalue weighted by Crippen LogP contribution is -2.49. The van der Waals surface area contributed by atoms with Crippen molar-refractivity contribution in [3.63, 3.8) is 0 Å². The van der Waals surface area contributed by atoms with Gasteiger partial charge in [-0.3, -0.25) is 10.2 Å². The predicted molar refractivity (Wildman–Crippen MR) is 74.6 cm³/mol. The standard InChI is InChI=1S/C14H19FN4O/c1-19(10-4-2-9(15)3-5-10)14(20)13-11-8-16-7-6-12(11)17-18-13/h2-5,11-13,16-18H,6-8H2,1H3. The minimum absolute atomic E-state index is 0.000285. The molecule has 108 valence electrons. The molecule has 1 aromatic carbocycles. The summed E-state index contributed by atoms with van der Waals surface area (Å²) in [4.78, 5) is 14.2. The van der Waals surface area contributed by atoms with E-state index in [1.807, 2.05) is 0 Å². The maximum Gasteiger partial charge on any atom is 0.245 e. The average molecular weight is 278 g/mol. The summed E-state index contributed by atoms with van der Waals surface area (Å²) < 4.78 is 12.9. The maximum absolute atomic E-state index is 12.9. The Hall–Kier alpha value is -1.50. The molecule has 0 saturated carbocycles. The molecule has 0 radical (unpaired) electrons. The van der Waals surface area contributed by atoms with Gasteiger partial charge >= 0.3 is 0 Å². The van der Waals surface area contributed by atoms with E-state index >= 15 is 0 Å². The summed E-state index contributed by atoms with van der Waals surface area (Å²) in [5.41, 5.74) is 7.01. The largest absolute Gasteiger partial charge is 0.316 e. The van der Waals surface area contributed by atoms with Crippen LogP contribution in [0.3, 0.4) is 0 Å². The number of carbonyl (C=O) groups excluding carboxylic acids is 1. The van der Waals surface area contributed by atoms with E-state index in [1.54, 1.807) is 24.1 Å². The third-order valence-electron chi connectivity index (χ3n) is 4.19. The molecule has 2 heterocycles. The van der Waals surface area contributed by atoms with Crippen LogP contribution >= 0.6 is 0 Å². The topological polar surface area (TPSA) is 56.4 Å². The Morgan fingerprint density at radius 1 is 1.30 bits per heavy atom. The highest BCUT2D eigenvalue weighted by Gasteiger charge is 2.42. The smallest absolute Gasteiger partial charge is 0.245 e. The van der Waals surface area contributed by atoms with Crippen molar-refractivity contribution in [2.24, 2.45) is 5.92 Å². The molecule has 0 aromatic heterocycles. The van der Waals surface area contributed by atoms with Crippen LogP contribution in [-0.2, 0) is 4.79 Å². The van der Waals surface area contributed by atoms with Gasteiger partial charge in [-0.1, -0.05) is 0 Å². The van der Waals surface area contributed by atoms with Crippen LogP contribution in [0.25, 0.3) is 0 Å². The predicted octanol–water partition coefficient (Wildman–Crippen LogP) is 0.243. The molecule has 2 saturated heterocycles. The van der Waals surface area contributed by atoms with Gasteiger partial charge in [0.25, 0.3) is 0 Å². The molecule has 1 aromatic rings. The number of hydrogen-bond acceptors (Lipinski definition) is 4. The van der Waals surface area contributed by atoms with Gasteiger partial charge in [0.2, 0.25) is 5.91 Å². The van der Waals surface area contributed by atoms with Crippen LogP contribution in [0.2, 0.25) is 0 Å². The SMILES string of the molecule is CN(C(=O)C1NNC2CCNCC21)c1ccc(F)cc1. The second kappa shape index (κ2) is 5.47. The van der Waals surface area contributed by atoms with Crippen molar-refractivity contribution in [3.05, 3.63) is 30.1 Å². The molecule has 1 amide bonds. The number of benzene rings is 1. The molecule has 5 nitrogen and oxygen atoms in total. The average Bonchev–Trinajstić information content (AvgIpc) is 2.90. The van der Waals surface area contributed by atoms with Crippen molar-refractivity contribution in [3.8, 4) is 0 Å². The second-order valence-corrected chi connectivity index (χ2v) is 5.40. The summed E-state index contributed by atoms with van der Waals surface area (Å²) in [5.74, 6) is -0.0498. The van der Waals surface area contributed by atoms with Crippen molar-refractivity contribution >= 4 is 11.6 Å². The summed E-state index contributed by atoms with van der Waals surface area (Å²) in [6.45, 7) is 1.81. The number of amides is 1. The number of nitrogens with zero attached hydrogens (tertiary/aromatic N) is 1. The highest BCUT2D eigenvalue weighted by atomic mass is 19.1. The van der Waals surface area contributed by atoms with Crippen molar-refractivity contribution < 1.29 is 9.18 Å². The Balaban J connectivity index is 1.73. The zero-order valence-corrected chi connectivity index (χ0v) is 11.4. The summed E-state index contributed by atoms with van der Waals surface area (Å²) >= 11 is 0. The number of anilines is 1. The third kappa shape index (κ3) is 2.42. The monoisotopic (exact) mass is 278 g/mol. The molecule has 3 N–H and O–H groups in total. The molecular formula is C14H19FN4O. The van der Waals surface area contributed by atoms with E-state index in [2.05, 4.69) is 16.2 Å². The van der Waals surface area contributed by atoms with Gasteiger partial charge in [0.1, 0.15) is 11.9 Å². The zero-order chi connectivity index (χ0) is 14.1. The quantitative estimate of drug-likeness (QED) is 0.725. The third-order valence-corrected chi connectivity index (χ3v) is 4.19. The highest BCUT2D eigenvalue weighted by molar-refractivity contribution is 5.97. The molecule has 3 unspecified atom stereocenters.